The molecular formula is C15H23N3O. The van der Waals surface area contributed by atoms with Crippen LogP contribution < -0.4 is 11.1 Å². The molecular weight excluding hydrogens is 238 g/mol. The Morgan fingerprint density at radius 3 is 2.95 bits per heavy atom. The fourth-order valence-corrected chi connectivity index (χ4v) is 2.78. The van der Waals surface area contributed by atoms with Crippen molar-refractivity contribution in [2.45, 2.75) is 38.8 Å². The summed E-state index contributed by atoms with van der Waals surface area (Å²) in [7, 11) is 2.01. The maximum atomic E-state index is 11.8. The largest absolute Gasteiger partial charge is 0.399 e. The van der Waals surface area contributed by atoms with Gasteiger partial charge in [0.05, 0.1) is 6.54 Å². The number of fused-ring (bicyclic) bond motifs is 1. The second kappa shape index (κ2) is 5.61. The molecule has 1 aliphatic carbocycles. The van der Waals surface area contributed by atoms with Crippen molar-refractivity contribution in [3.05, 3.63) is 29.3 Å². The van der Waals surface area contributed by atoms with Crippen molar-refractivity contribution in [2.75, 3.05) is 19.3 Å². The zero-order valence-corrected chi connectivity index (χ0v) is 11.9. The Balaban J connectivity index is 2.03. The molecule has 0 saturated carbocycles. The molecule has 1 aromatic rings. The highest BCUT2D eigenvalue weighted by Gasteiger charge is 2.26. The van der Waals surface area contributed by atoms with Gasteiger partial charge in [-0.1, -0.05) is 6.07 Å². The summed E-state index contributed by atoms with van der Waals surface area (Å²) >= 11 is 0. The van der Waals surface area contributed by atoms with Crippen LogP contribution in [0.4, 0.5) is 5.69 Å². The molecule has 4 nitrogen and oxygen atoms in total. The second-order valence-corrected chi connectivity index (χ2v) is 5.65. The number of nitrogens with one attached hydrogen (secondary N) is 1. The molecule has 1 aromatic carbocycles. The molecule has 0 fully saturated rings. The number of nitrogens with zero attached hydrogens (tertiary/aromatic N) is 1. The number of aryl methyl sites for hydroxylation is 1. The quantitative estimate of drug-likeness (QED) is 0.811. The van der Waals surface area contributed by atoms with E-state index in [0.717, 1.165) is 18.5 Å². The summed E-state index contributed by atoms with van der Waals surface area (Å²) in [6.45, 7) is 4.39. The maximum absolute atomic E-state index is 11.8. The van der Waals surface area contributed by atoms with Crippen molar-refractivity contribution in [1.82, 2.24) is 10.2 Å². The normalized spacial score (nSPS) is 17.8. The van der Waals surface area contributed by atoms with E-state index in [0.29, 0.717) is 12.6 Å². The summed E-state index contributed by atoms with van der Waals surface area (Å²) in [4.78, 5) is 13.9. The van der Waals surface area contributed by atoms with Crippen LogP contribution in [0.15, 0.2) is 18.2 Å². The molecule has 4 heteroatoms. The Morgan fingerprint density at radius 1 is 1.53 bits per heavy atom. The molecule has 1 aliphatic rings. The van der Waals surface area contributed by atoms with E-state index in [-0.39, 0.29) is 11.9 Å². The monoisotopic (exact) mass is 261 g/mol. The first-order valence-electron chi connectivity index (χ1n) is 6.85. The van der Waals surface area contributed by atoms with E-state index in [2.05, 4.69) is 22.3 Å². The lowest BCUT2D eigenvalue weighted by molar-refractivity contribution is -0.122. The lowest BCUT2D eigenvalue weighted by Gasteiger charge is -2.25. The third-order valence-corrected chi connectivity index (χ3v) is 3.59. The highest BCUT2D eigenvalue weighted by atomic mass is 16.2. The smallest absolute Gasteiger partial charge is 0.234 e. The number of likely N-dealkylation sites (N-methyl/N-ethyl adjacent to an activating group) is 1. The number of hydrogen-bond donors (Lipinski definition) is 2. The minimum Gasteiger partial charge on any atom is -0.399 e. The molecule has 1 atom stereocenters. The van der Waals surface area contributed by atoms with E-state index in [1.54, 1.807) is 0 Å². The minimum absolute atomic E-state index is 0.0846. The number of anilines is 1. The summed E-state index contributed by atoms with van der Waals surface area (Å²) in [6, 6.07) is 6.61. The van der Waals surface area contributed by atoms with Crippen molar-refractivity contribution in [3.63, 3.8) is 0 Å². The van der Waals surface area contributed by atoms with Crippen LogP contribution in [-0.2, 0) is 11.2 Å². The molecule has 1 unspecified atom stereocenters. The van der Waals surface area contributed by atoms with E-state index < -0.39 is 0 Å². The minimum atomic E-state index is 0.0846. The molecule has 0 radical (unpaired) electrons. The lowest BCUT2D eigenvalue weighted by atomic mass is 10.1. The van der Waals surface area contributed by atoms with Crippen molar-refractivity contribution >= 4 is 11.6 Å². The Kier molecular flexibility index (Phi) is 4.10. The van der Waals surface area contributed by atoms with Crippen molar-refractivity contribution in [1.29, 1.82) is 0 Å². The van der Waals surface area contributed by atoms with Crippen LogP contribution in [0.25, 0.3) is 0 Å². The zero-order chi connectivity index (χ0) is 14.0. The van der Waals surface area contributed by atoms with Crippen LogP contribution in [0.1, 0.15) is 37.4 Å². The SMILES string of the molecule is CC(C)NC(=O)CN(C)C1CCc2cc(N)ccc21. The standard InChI is InChI=1S/C15H23N3O/c1-10(2)17-15(19)9-18(3)14-7-4-11-8-12(16)5-6-13(11)14/h5-6,8,10,14H,4,7,9,16H2,1-3H3,(H,17,19). The van der Waals surface area contributed by atoms with Crippen molar-refractivity contribution in [2.24, 2.45) is 0 Å². The number of benzene rings is 1. The van der Waals surface area contributed by atoms with Gasteiger partial charge in [0.1, 0.15) is 0 Å². The molecule has 3 N–H and O–H groups in total. The topological polar surface area (TPSA) is 58.4 Å². The summed E-state index contributed by atoms with van der Waals surface area (Å²) in [5.74, 6) is 0.0846. The predicted molar refractivity (Wildman–Crippen MR) is 77.8 cm³/mol. The van der Waals surface area contributed by atoms with Crippen LogP contribution >= 0.6 is 0 Å². The average molecular weight is 261 g/mol. The van der Waals surface area contributed by atoms with Gasteiger partial charge >= 0.3 is 0 Å². The summed E-state index contributed by atoms with van der Waals surface area (Å²) in [6.07, 6.45) is 2.10. The molecule has 0 aromatic heterocycles. The van der Waals surface area contributed by atoms with Gasteiger partial charge in [-0.2, -0.15) is 0 Å². The second-order valence-electron chi connectivity index (χ2n) is 5.65. The van der Waals surface area contributed by atoms with Gasteiger partial charge in [-0.25, -0.2) is 0 Å². The third kappa shape index (κ3) is 3.26. The number of carbonyl (C=O) groups excluding carboxylic acids is 1. The molecule has 0 bridgehead atoms. The van der Waals surface area contributed by atoms with Gasteiger partial charge in [-0.05, 0) is 57.0 Å². The number of hydrogen-bond acceptors (Lipinski definition) is 3. The van der Waals surface area contributed by atoms with Crippen LogP contribution in [0.5, 0.6) is 0 Å². The van der Waals surface area contributed by atoms with Crippen LogP contribution in [0.2, 0.25) is 0 Å². The van der Waals surface area contributed by atoms with E-state index in [4.69, 9.17) is 5.73 Å². The van der Waals surface area contributed by atoms with Gasteiger partial charge in [0, 0.05) is 17.8 Å². The van der Waals surface area contributed by atoms with Crippen LogP contribution in [0, 0.1) is 0 Å². The third-order valence-electron chi connectivity index (χ3n) is 3.59. The van der Waals surface area contributed by atoms with Crippen molar-refractivity contribution < 1.29 is 4.79 Å². The first-order chi connectivity index (χ1) is 8.97. The molecule has 0 heterocycles. The van der Waals surface area contributed by atoms with Gasteiger partial charge in [0.2, 0.25) is 5.91 Å². The summed E-state index contributed by atoms with van der Waals surface area (Å²) in [5, 5.41) is 2.93. The fraction of sp³-hybridized carbons (Fsp3) is 0.533. The average Bonchev–Trinajstić information content (AvgIpc) is 2.70. The maximum Gasteiger partial charge on any atom is 0.234 e. The zero-order valence-electron chi connectivity index (χ0n) is 11.9. The summed E-state index contributed by atoms with van der Waals surface area (Å²) in [5.41, 5.74) is 9.26. The molecule has 0 spiro atoms. The Hall–Kier alpha value is -1.55. The van der Waals surface area contributed by atoms with Gasteiger partial charge < -0.3 is 11.1 Å². The number of rotatable bonds is 4. The first-order valence-corrected chi connectivity index (χ1v) is 6.85. The van der Waals surface area contributed by atoms with Gasteiger partial charge in [0.15, 0.2) is 0 Å². The van der Waals surface area contributed by atoms with Gasteiger partial charge in [-0.3, -0.25) is 9.69 Å². The highest BCUT2D eigenvalue weighted by Crippen LogP contribution is 2.35. The molecule has 2 rings (SSSR count). The van der Waals surface area contributed by atoms with Crippen LogP contribution in [0.3, 0.4) is 0 Å². The van der Waals surface area contributed by atoms with E-state index >= 15 is 0 Å². The van der Waals surface area contributed by atoms with E-state index in [9.17, 15) is 4.79 Å². The molecule has 19 heavy (non-hydrogen) atoms. The lowest BCUT2D eigenvalue weighted by Crippen LogP contribution is -2.39. The Labute approximate surface area is 115 Å². The van der Waals surface area contributed by atoms with E-state index in [1.807, 2.05) is 27.0 Å². The number of nitrogens with two attached hydrogens (primary N) is 1. The van der Waals surface area contributed by atoms with E-state index in [1.165, 1.54) is 11.1 Å². The van der Waals surface area contributed by atoms with Crippen molar-refractivity contribution in [3.8, 4) is 0 Å². The first kappa shape index (κ1) is 13.9. The Bertz CT molecular complexity index is 470. The number of amides is 1. The van der Waals surface area contributed by atoms with Gasteiger partial charge in [-0.15, -0.1) is 0 Å². The van der Waals surface area contributed by atoms with Gasteiger partial charge in [0.25, 0.3) is 0 Å². The highest BCUT2D eigenvalue weighted by molar-refractivity contribution is 5.78. The predicted octanol–water partition coefficient (Wildman–Crippen LogP) is 1.71. The Morgan fingerprint density at radius 2 is 2.26 bits per heavy atom. The summed E-state index contributed by atoms with van der Waals surface area (Å²) < 4.78 is 0. The van der Waals surface area contributed by atoms with Crippen LogP contribution in [-0.4, -0.2) is 30.4 Å². The number of nitrogen functional groups attached to an aromatic ring is 1. The molecule has 1 amide bonds. The molecule has 0 aliphatic heterocycles. The fourth-order valence-electron chi connectivity index (χ4n) is 2.78. The number of carbonyl (C=O) groups is 1. The molecule has 0 saturated heterocycles. The molecule has 104 valence electrons.